The third-order valence-electron chi connectivity index (χ3n) is 2.63. The number of benzene rings is 1. The quantitative estimate of drug-likeness (QED) is 0.583. The van der Waals surface area contributed by atoms with Crippen molar-refractivity contribution in [2.45, 2.75) is 13.8 Å². The van der Waals surface area contributed by atoms with E-state index in [1.807, 2.05) is 13.8 Å². The van der Waals surface area contributed by atoms with E-state index in [4.69, 9.17) is 23.2 Å². The molecule has 0 aliphatic heterocycles. The lowest BCUT2D eigenvalue weighted by Crippen LogP contribution is -2.02. The molecule has 0 unspecified atom stereocenters. The van der Waals surface area contributed by atoms with Gasteiger partial charge in [-0.1, -0.05) is 23.2 Å². The van der Waals surface area contributed by atoms with E-state index in [9.17, 15) is 10.1 Å². The highest BCUT2D eigenvalue weighted by atomic mass is 79.9. The summed E-state index contributed by atoms with van der Waals surface area (Å²) in [6.45, 7) is 3.68. The van der Waals surface area contributed by atoms with Crippen molar-refractivity contribution in [3.05, 3.63) is 48.2 Å². The SMILES string of the molecule is Cc1nn(-c2c(Cl)cc([N+](=O)[O-])cc2Cl)c(C)c1Br. The molecule has 8 heteroatoms. The summed E-state index contributed by atoms with van der Waals surface area (Å²) in [6.07, 6.45) is 0. The van der Waals surface area contributed by atoms with Gasteiger partial charge in [0.1, 0.15) is 5.69 Å². The lowest BCUT2D eigenvalue weighted by Gasteiger charge is -2.09. The Morgan fingerprint density at radius 2 is 1.84 bits per heavy atom. The van der Waals surface area contributed by atoms with Crippen LogP contribution in [0.4, 0.5) is 5.69 Å². The number of nitro groups is 1. The summed E-state index contributed by atoms with van der Waals surface area (Å²) >= 11 is 15.6. The van der Waals surface area contributed by atoms with Gasteiger partial charge in [0, 0.05) is 12.1 Å². The predicted molar refractivity (Wildman–Crippen MR) is 77.4 cm³/mol. The Morgan fingerprint density at radius 3 is 2.21 bits per heavy atom. The minimum absolute atomic E-state index is 0.153. The molecular formula is C11H8BrCl2N3O2. The highest BCUT2D eigenvalue weighted by Gasteiger charge is 2.19. The van der Waals surface area contributed by atoms with Crippen LogP contribution in [0, 0.1) is 24.0 Å². The molecule has 1 aromatic carbocycles. The molecule has 2 rings (SSSR count). The second kappa shape index (κ2) is 5.11. The molecule has 0 radical (unpaired) electrons. The van der Waals surface area contributed by atoms with Gasteiger partial charge in [-0.05, 0) is 29.8 Å². The molecule has 0 saturated heterocycles. The van der Waals surface area contributed by atoms with E-state index in [2.05, 4.69) is 21.0 Å². The Labute approximate surface area is 127 Å². The lowest BCUT2D eigenvalue weighted by atomic mass is 10.2. The molecule has 0 aliphatic rings. The summed E-state index contributed by atoms with van der Waals surface area (Å²) < 4.78 is 2.41. The van der Waals surface area contributed by atoms with Gasteiger partial charge in [-0.2, -0.15) is 5.10 Å². The summed E-state index contributed by atoms with van der Waals surface area (Å²) in [4.78, 5) is 10.2. The molecule has 2 aromatic rings. The van der Waals surface area contributed by atoms with Crippen LogP contribution < -0.4 is 0 Å². The van der Waals surface area contributed by atoms with Crippen molar-refractivity contribution in [2.24, 2.45) is 0 Å². The monoisotopic (exact) mass is 363 g/mol. The summed E-state index contributed by atoms with van der Waals surface area (Å²) in [5.74, 6) is 0. The first kappa shape index (κ1) is 14.3. The molecular weight excluding hydrogens is 357 g/mol. The molecule has 0 N–H and O–H groups in total. The fourth-order valence-corrected chi connectivity index (χ4v) is 2.58. The number of non-ortho nitro benzene ring substituents is 1. The van der Waals surface area contributed by atoms with E-state index in [1.54, 1.807) is 4.68 Å². The van der Waals surface area contributed by atoms with E-state index in [0.29, 0.717) is 5.69 Å². The fourth-order valence-electron chi connectivity index (χ4n) is 1.70. The van der Waals surface area contributed by atoms with Crippen LogP contribution in [0.15, 0.2) is 16.6 Å². The number of rotatable bonds is 2. The third-order valence-corrected chi connectivity index (χ3v) is 4.35. The predicted octanol–water partition coefficient (Wildman–Crippen LogP) is 4.47. The van der Waals surface area contributed by atoms with Gasteiger partial charge in [-0.25, -0.2) is 4.68 Å². The molecule has 0 aliphatic carbocycles. The van der Waals surface area contributed by atoms with Gasteiger partial charge >= 0.3 is 0 Å². The number of nitro benzene ring substituents is 1. The van der Waals surface area contributed by atoms with Gasteiger partial charge in [-0.3, -0.25) is 10.1 Å². The topological polar surface area (TPSA) is 61.0 Å². The van der Waals surface area contributed by atoms with Crippen molar-refractivity contribution in [1.29, 1.82) is 0 Å². The zero-order valence-electron chi connectivity index (χ0n) is 9.95. The van der Waals surface area contributed by atoms with Crippen LogP contribution in [-0.2, 0) is 0 Å². The number of hydrogen-bond acceptors (Lipinski definition) is 3. The summed E-state index contributed by atoms with van der Waals surface area (Å²) in [7, 11) is 0. The first-order chi connectivity index (χ1) is 8.82. The highest BCUT2D eigenvalue weighted by molar-refractivity contribution is 9.10. The van der Waals surface area contributed by atoms with Crippen LogP contribution in [0.1, 0.15) is 11.4 Å². The molecule has 0 fully saturated rings. The number of aryl methyl sites for hydroxylation is 1. The molecule has 1 aromatic heterocycles. The highest BCUT2D eigenvalue weighted by Crippen LogP contribution is 2.35. The first-order valence-corrected chi connectivity index (χ1v) is 6.73. The summed E-state index contributed by atoms with van der Waals surface area (Å²) in [5, 5.41) is 15.4. The number of halogens is 3. The standard InChI is InChI=1S/C11H8BrCl2N3O2/c1-5-10(12)6(2)16(15-5)11-8(13)3-7(17(18)19)4-9(11)14/h3-4H,1-2H3. The van der Waals surface area contributed by atoms with Crippen LogP contribution in [0.5, 0.6) is 0 Å². The van der Waals surface area contributed by atoms with Crippen molar-refractivity contribution in [2.75, 3.05) is 0 Å². The largest absolute Gasteiger partial charge is 0.272 e. The van der Waals surface area contributed by atoms with Crippen LogP contribution in [0.2, 0.25) is 10.0 Å². The number of hydrogen-bond donors (Lipinski definition) is 0. The second-order valence-corrected chi connectivity index (χ2v) is 5.52. The number of nitrogens with zero attached hydrogens (tertiary/aromatic N) is 3. The van der Waals surface area contributed by atoms with E-state index in [-0.39, 0.29) is 15.7 Å². The van der Waals surface area contributed by atoms with E-state index < -0.39 is 4.92 Å². The van der Waals surface area contributed by atoms with Crippen molar-refractivity contribution in [3.63, 3.8) is 0 Å². The molecule has 19 heavy (non-hydrogen) atoms. The molecule has 0 saturated carbocycles. The van der Waals surface area contributed by atoms with E-state index >= 15 is 0 Å². The number of aromatic nitrogens is 2. The second-order valence-electron chi connectivity index (χ2n) is 3.91. The van der Waals surface area contributed by atoms with Gasteiger partial charge in [0.05, 0.1) is 30.8 Å². The summed E-state index contributed by atoms with van der Waals surface area (Å²) in [6, 6.07) is 2.51. The van der Waals surface area contributed by atoms with Crippen molar-refractivity contribution >= 4 is 44.8 Å². The Hall–Kier alpha value is -1.11. The molecule has 0 bridgehead atoms. The minimum atomic E-state index is -0.543. The van der Waals surface area contributed by atoms with Gasteiger partial charge in [0.15, 0.2) is 0 Å². The maximum atomic E-state index is 10.7. The Bertz CT molecular complexity index is 662. The van der Waals surface area contributed by atoms with Gasteiger partial charge < -0.3 is 0 Å². The summed E-state index contributed by atoms with van der Waals surface area (Å²) in [5.41, 5.74) is 1.87. The fraction of sp³-hybridized carbons (Fsp3) is 0.182. The molecule has 5 nitrogen and oxygen atoms in total. The average molecular weight is 365 g/mol. The molecule has 100 valence electrons. The Morgan fingerprint density at radius 1 is 1.32 bits per heavy atom. The van der Waals surface area contributed by atoms with Crippen molar-refractivity contribution < 1.29 is 4.92 Å². The van der Waals surface area contributed by atoms with Gasteiger partial charge in [0.2, 0.25) is 0 Å². The lowest BCUT2D eigenvalue weighted by molar-refractivity contribution is -0.384. The van der Waals surface area contributed by atoms with Crippen molar-refractivity contribution in [3.8, 4) is 5.69 Å². The zero-order valence-corrected chi connectivity index (χ0v) is 13.0. The molecule has 0 amide bonds. The van der Waals surface area contributed by atoms with Gasteiger partial charge in [0.25, 0.3) is 5.69 Å². The van der Waals surface area contributed by atoms with Crippen LogP contribution in [0.3, 0.4) is 0 Å². The third kappa shape index (κ3) is 2.48. The maximum Gasteiger partial charge on any atom is 0.272 e. The van der Waals surface area contributed by atoms with E-state index in [0.717, 1.165) is 15.9 Å². The minimum Gasteiger partial charge on any atom is -0.258 e. The molecule has 1 heterocycles. The average Bonchev–Trinajstić information content (AvgIpc) is 2.56. The first-order valence-electron chi connectivity index (χ1n) is 5.18. The Balaban J connectivity index is 2.69. The normalized spacial score (nSPS) is 10.8. The van der Waals surface area contributed by atoms with E-state index in [1.165, 1.54) is 12.1 Å². The van der Waals surface area contributed by atoms with Crippen molar-refractivity contribution in [1.82, 2.24) is 9.78 Å². The molecule has 0 spiro atoms. The smallest absolute Gasteiger partial charge is 0.258 e. The van der Waals surface area contributed by atoms with Crippen LogP contribution >= 0.6 is 39.1 Å². The maximum absolute atomic E-state index is 10.7. The van der Waals surface area contributed by atoms with Gasteiger partial charge in [-0.15, -0.1) is 0 Å². The van der Waals surface area contributed by atoms with Crippen LogP contribution in [-0.4, -0.2) is 14.7 Å². The Kier molecular flexibility index (Phi) is 3.85. The molecule has 0 atom stereocenters. The zero-order chi connectivity index (χ0) is 14.3. The van der Waals surface area contributed by atoms with Crippen LogP contribution in [0.25, 0.3) is 5.69 Å².